The van der Waals surface area contributed by atoms with Crippen molar-refractivity contribution < 1.29 is 18.3 Å². The van der Waals surface area contributed by atoms with Crippen LogP contribution in [0.4, 0.5) is 13.2 Å². The topological polar surface area (TPSA) is 20.2 Å². The molecule has 1 aromatic rings. The maximum atomic E-state index is 12.5. The van der Waals surface area contributed by atoms with Crippen LogP contribution in [0.1, 0.15) is 4.88 Å². The molecule has 0 unspecified atom stereocenters. The standard InChI is InChI=1S/C9H7F3OS/c1-2-5-8(13,9(10,11)12)7-4-3-6-14-7/h3-6,13H,1H2/t8-/m1/s1. The van der Waals surface area contributed by atoms with E-state index in [4.69, 9.17) is 0 Å². The summed E-state index contributed by atoms with van der Waals surface area (Å²) in [6.45, 7) is 3.03. The molecule has 0 amide bonds. The minimum absolute atomic E-state index is 0.193. The molecule has 14 heavy (non-hydrogen) atoms. The first-order valence-corrected chi connectivity index (χ1v) is 4.50. The van der Waals surface area contributed by atoms with Crippen molar-refractivity contribution in [3.63, 3.8) is 0 Å². The van der Waals surface area contributed by atoms with Gasteiger partial charge >= 0.3 is 6.18 Å². The summed E-state index contributed by atoms with van der Waals surface area (Å²) in [5.74, 6) is 0. The molecule has 0 aliphatic heterocycles. The molecule has 76 valence electrons. The number of hydrogen-bond donors (Lipinski definition) is 1. The van der Waals surface area contributed by atoms with Crippen LogP contribution in [0.5, 0.6) is 0 Å². The van der Waals surface area contributed by atoms with Gasteiger partial charge in [-0.25, -0.2) is 0 Å². The van der Waals surface area contributed by atoms with Crippen LogP contribution in [0, 0.1) is 0 Å². The van der Waals surface area contributed by atoms with Gasteiger partial charge in [0.25, 0.3) is 0 Å². The summed E-state index contributed by atoms with van der Waals surface area (Å²) in [5, 5.41) is 10.9. The van der Waals surface area contributed by atoms with Gasteiger partial charge in [0, 0.05) is 11.0 Å². The van der Waals surface area contributed by atoms with Gasteiger partial charge in [0.05, 0.1) is 0 Å². The van der Waals surface area contributed by atoms with Crippen molar-refractivity contribution in [2.45, 2.75) is 11.8 Å². The molecule has 0 radical (unpaired) electrons. The van der Waals surface area contributed by atoms with E-state index < -0.39 is 11.8 Å². The Balaban J connectivity index is 3.26. The predicted octanol–water partition coefficient (Wildman–Crippen LogP) is 2.84. The SMILES string of the molecule is C=C=C[C@@](O)(c1cccs1)C(F)(F)F. The highest BCUT2D eigenvalue weighted by atomic mass is 32.1. The van der Waals surface area contributed by atoms with Crippen LogP contribution in [-0.4, -0.2) is 11.3 Å². The lowest BCUT2D eigenvalue weighted by molar-refractivity contribution is -0.243. The maximum absolute atomic E-state index is 12.5. The smallest absolute Gasteiger partial charge is 0.372 e. The van der Waals surface area contributed by atoms with Gasteiger partial charge in [-0.15, -0.1) is 17.1 Å². The first kappa shape index (κ1) is 11.0. The Hall–Kier alpha value is -1.03. The maximum Gasteiger partial charge on any atom is 0.426 e. The van der Waals surface area contributed by atoms with E-state index in [0.717, 1.165) is 11.3 Å². The van der Waals surface area contributed by atoms with Gasteiger partial charge in [0.2, 0.25) is 5.60 Å². The van der Waals surface area contributed by atoms with Crippen molar-refractivity contribution >= 4 is 11.3 Å². The summed E-state index contributed by atoms with van der Waals surface area (Å²) in [6.07, 6.45) is -4.25. The molecule has 5 heteroatoms. The molecule has 1 rings (SSSR count). The van der Waals surface area contributed by atoms with Crippen LogP contribution in [-0.2, 0) is 5.60 Å². The molecule has 0 spiro atoms. The van der Waals surface area contributed by atoms with E-state index in [9.17, 15) is 18.3 Å². The number of thiophene rings is 1. The molecule has 1 nitrogen and oxygen atoms in total. The summed E-state index contributed by atoms with van der Waals surface area (Å²) in [7, 11) is 0. The summed E-state index contributed by atoms with van der Waals surface area (Å²) in [6, 6.07) is 2.65. The lowest BCUT2D eigenvalue weighted by Gasteiger charge is -2.25. The van der Waals surface area contributed by atoms with Crippen molar-refractivity contribution in [3.05, 3.63) is 40.8 Å². The number of rotatable bonds is 2. The van der Waals surface area contributed by atoms with Crippen molar-refractivity contribution in [1.82, 2.24) is 0 Å². The van der Waals surface area contributed by atoms with Gasteiger partial charge in [-0.1, -0.05) is 12.6 Å². The van der Waals surface area contributed by atoms with Gasteiger partial charge in [0.15, 0.2) is 0 Å². The third kappa shape index (κ3) is 1.75. The predicted molar refractivity (Wildman–Crippen MR) is 48.0 cm³/mol. The second-order valence-electron chi connectivity index (χ2n) is 2.59. The van der Waals surface area contributed by atoms with Gasteiger partial charge < -0.3 is 5.11 Å². The summed E-state index contributed by atoms with van der Waals surface area (Å²) in [4.78, 5) is -0.193. The largest absolute Gasteiger partial charge is 0.426 e. The molecule has 0 saturated heterocycles. The molecule has 1 atom stereocenters. The van der Waals surface area contributed by atoms with Crippen molar-refractivity contribution in [2.75, 3.05) is 0 Å². The summed E-state index contributed by atoms with van der Waals surface area (Å²) >= 11 is 0.828. The van der Waals surface area contributed by atoms with Gasteiger partial charge in [-0.3, -0.25) is 0 Å². The van der Waals surface area contributed by atoms with Crippen molar-refractivity contribution in [3.8, 4) is 0 Å². The lowest BCUT2D eigenvalue weighted by atomic mass is 10.0. The average Bonchev–Trinajstić information content (AvgIpc) is 2.54. The Morgan fingerprint density at radius 2 is 2.14 bits per heavy atom. The van der Waals surface area contributed by atoms with Crippen LogP contribution < -0.4 is 0 Å². The Labute approximate surface area is 82.8 Å². The monoisotopic (exact) mass is 220 g/mol. The van der Waals surface area contributed by atoms with E-state index in [1.54, 1.807) is 0 Å². The molecular weight excluding hydrogens is 213 g/mol. The molecule has 1 N–H and O–H groups in total. The molecule has 0 fully saturated rings. The fourth-order valence-electron chi connectivity index (χ4n) is 0.936. The highest BCUT2D eigenvalue weighted by Gasteiger charge is 2.54. The zero-order valence-electron chi connectivity index (χ0n) is 7.01. The highest BCUT2D eigenvalue weighted by molar-refractivity contribution is 7.10. The van der Waals surface area contributed by atoms with E-state index >= 15 is 0 Å². The van der Waals surface area contributed by atoms with Crippen LogP contribution in [0.2, 0.25) is 0 Å². The number of halogens is 3. The minimum Gasteiger partial charge on any atom is -0.372 e. The van der Waals surface area contributed by atoms with Crippen molar-refractivity contribution in [1.29, 1.82) is 0 Å². The fourth-order valence-corrected chi connectivity index (χ4v) is 1.75. The summed E-state index contributed by atoms with van der Waals surface area (Å²) < 4.78 is 37.5. The zero-order valence-corrected chi connectivity index (χ0v) is 7.82. The van der Waals surface area contributed by atoms with Crippen LogP contribution in [0.3, 0.4) is 0 Å². The summed E-state index contributed by atoms with van der Waals surface area (Å²) in [5.41, 5.74) is -1.00. The third-order valence-corrected chi connectivity index (χ3v) is 2.63. The molecule has 0 aliphatic rings. The number of aliphatic hydroxyl groups is 1. The van der Waals surface area contributed by atoms with E-state index in [1.807, 2.05) is 5.73 Å². The molecule has 0 bridgehead atoms. The number of alkyl halides is 3. The Morgan fingerprint density at radius 3 is 2.50 bits per heavy atom. The first-order valence-electron chi connectivity index (χ1n) is 3.62. The number of hydrogen-bond acceptors (Lipinski definition) is 2. The lowest BCUT2D eigenvalue weighted by Crippen LogP contribution is -2.39. The fraction of sp³-hybridized carbons (Fsp3) is 0.222. The molecular formula is C9H7F3OS. The van der Waals surface area contributed by atoms with E-state index in [0.29, 0.717) is 6.08 Å². The van der Waals surface area contributed by atoms with Gasteiger partial charge in [0.1, 0.15) is 0 Å². The first-order chi connectivity index (χ1) is 6.42. The second kappa shape index (κ2) is 3.61. The van der Waals surface area contributed by atoms with E-state index in [2.05, 4.69) is 6.58 Å². The normalized spacial score (nSPS) is 15.7. The molecule has 1 heterocycles. The molecule has 0 saturated carbocycles. The second-order valence-corrected chi connectivity index (χ2v) is 3.54. The Morgan fingerprint density at radius 1 is 1.50 bits per heavy atom. The molecule has 1 aromatic heterocycles. The van der Waals surface area contributed by atoms with Crippen LogP contribution in [0.25, 0.3) is 0 Å². The Kier molecular flexibility index (Phi) is 2.85. The van der Waals surface area contributed by atoms with E-state index in [1.165, 1.54) is 17.5 Å². The van der Waals surface area contributed by atoms with Crippen molar-refractivity contribution in [2.24, 2.45) is 0 Å². The van der Waals surface area contributed by atoms with E-state index in [-0.39, 0.29) is 4.88 Å². The average molecular weight is 220 g/mol. The highest BCUT2D eigenvalue weighted by Crippen LogP contribution is 2.41. The third-order valence-electron chi connectivity index (χ3n) is 1.64. The minimum atomic E-state index is -4.76. The van der Waals surface area contributed by atoms with Gasteiger partial charge in [-0.2, -0.15) is 13.2 Å². The molecule has 0 aromatic carbocycles. The van der Waals surface area contributed by atoms with Crippen LogP contribution >= 0.6 is 11.3 Å². The molecule has 0 aliphatic carbocycles. The van der Waals surface area contributed by atoms with Crippen LogP contribution in [0.15, 0.2) is 35.9 Å². The zero-order chi connectivity index (χ0) is 10.8. The Bertz CT molecular complexity index is 349. The quantitative estimate of drug-likeness (QED) is 0.760. The van der Waals surface area contributed by atoms with Gasteiger partial charge in [-0.05, 0) is 11.4 Å².